The molecule has 1 spiro atoms. The fourth-order valence-electron chi connectivity index (χ4n) is 4.09. The Hall–Kier alpha value is -2.31. The maximum atomic E-state index is 12.0. The number of amides is 1. The molecule has 2 saturated heterocycles. The number of phenols is 1. The molecule has 1 aromatic carbocycles. The van der Waals surface area contributed by atoms with Crippen LogP contribution >= 0.6 is 0 Å². The highest BCUT2D eigenvalue weighted by atomic mass is 16.5. The van der Waals surface area contributed by atoms with Crippen LogP contribution in [0.1, 0.15) is 41.8 Å². The molecule has 27 heavy (non-hydrogen) atoms. The molecule has 1 atom stereocenters. The second-order valence-corrected chi connectivity index (χ2v) is 7.59. The van der Waals surface area contributed by atoms with E-state index in [1.165, 1.54) is 11.8 Å². The van der Waals surface area contributed by atoms with Crippen molar-refractivity contribution in [3.05, 3.63) is 54.0 Å². The first kappa shape index (κ1) is 18.1. The van der Waals surface area contributed by atoms with Crippen LogP contribution in [0.25, 0.3) is 0 Å². The van der Waals surface area contributed by atoms with E-state index in [-0.39, 0.29) is 17.6 Å². The summed E-state index contributed by atoms with van der Waals surface area (Å²) in [5.41, 5.74) is 1.18. The molecule has 3 heterocycles. The molecule has 2 aliphatic heterocycles. The van der Waals surface area contributed by atoms with Gasteiger partial charge in [-0.1, -0.05) is 12.1 Å². The Balaban J connectivity index is 1.23. The van der Waals surface area contributed by atoms with Crippen molar-refractivity contribution in [2.45, 2.75) is 43.9 Å². The van der Waals surface area contributed by atoms with Gasteiger partial charge in [0.25, 0.3) is 5.91 Å². The van der Waals surface area contributed by atoms with E-state index in [1.807, 2.05) is 12.1 Å². The van der Waals surface area contributed by atoms with E-state index in [2.05, 4.69) is 10.2 Å². The molecule has 2 N–H and O–H groups in total. The number of hydrogen-bond acceptors (Lipinski definition) is 5. The molecule has 0 radical (unpaired) electrons. The number of furan rings is 1. The van der Waals surface area contributed by atoms with Crippen LogP contribution in [-0.2, 0) is 11.3 Å². The number of nitrogens with one attached hydrogen (secondary N) is 1. The fraction of sp³-hybridized carbons (Fsp3) is 0.476. The first-order valence-corrected chi connectivity index (χ1v) is 9.62. The summed E-state index contributed by atoms with van der Waals surface area (Å²) in [7, 11) is 0. The van der Waals surface area contributed by atoms with Gasteiger partial charge in [0.15, 0.2) is 5.76 Å². The predicted molar refractivity (Wildman–Crippen MR) is 100 cm³/mol. The summed E-state index contributed by atoms with van der Waals surface area (Å²) < 4.78 is 11.5. The van der Waals surface area contributed by atoms with Gasteiger partial charge in [-0.2, -0.15) is 0 Å². The number of piperidine rings is 1. The average Bonchev–Trinajstić information content (AvgIpc) is 3.35. The van der Waals surface area contributed by atoms with E-state index in [0.717, 1.165) is 45.3 Å². The molecule has 2 aliphatic rings. The van der Waals surface area contributed by atoms with Gasteiger partial charge in [0.2, 0.25) is 0 Å². The summed E-state index contributed by atoms with van der Waals surface area (Å²) in [6, 6.07) is 10.8. The first-order chi connectivity index (χ1) is 13.1. The molecule has 0 aliphatic carbocycles. The summed E-state index contributed by atoms with van der Waals surface area (Å²) >= 11 is 0. The van der Waals surface area contributed by atoms with Gasteiger partial charge in [-0.25, -0.2) is 0 Å². The van der Waals surface area contributed by atoms with Crippen LogP contribution in [0.15, 0.2) is 47.1 Å². The first-order valence-electron chi connectivity index (χ1n) is 9.62. The minimum absolute atomic E-state index is 0.0362. The number of ether oxygens (including phenoxy) is 1. The number of benzene rings is 1. The third-order valence-corrected chi connectivity index (χ3v) is 5.68. The number of likely N-dealkylation sites (tertiary alicyclic amines) is 1. The zero-order valence-corrected chi connectivity index (χ0v) is 15.4. The molecule has 4 rings (SSSR count). The molecule has 6 heteroatoms. The number of carbonyl (C=O) groups is 1. The standard InChI is InChI=1S/C21H26N2O4/c24-17-5-3-16(4-6-17)15-23-11-9-21(10-12-23)8-7-18(27-21)14-22-20(25)19-2-1-13-26-19/h1-6,13,18,24H,7-12,14-15H2,(H,22,25)/t18-/m0/s1. The van der Waals surface area contributed by atoms with Crippen molar-refractivity contribution in [3.63, 3.8) is 0 Å². The van der Waals surface area contributed by atoms with E-state index < -0.39 is 0 Å². The van der Waals surface area contributed by atoms with Crippen molar-refractivity contribution in [1.29, 1.82) is 0 Å². The summed E-state index contributed by atoms with van der Waals surface area (Å²) in [5, 5.41) is 12.3. The number of hydrogen-bond donors (Lipinski definition) is 2. The van der Waals surface area contributed by atoms with Crippen LogP contribution < -0.4 is 5.32 Å². The largest absolute Gasteiger partial charge is 0.508 e. The molecule has 0 saturated carbocycles. The van der Waals surface area contributed by atoms with Gasteiger partial charge in [0.1, 0.15) is 5.75 Å². The molecule has 1 amide bonds. The lowest BCUT2D eigenvalue weighted by atomic mass is 9.88. The summed E-state index contributed by atoms with van der Waals surface area (Å²) in [6.07, 6.45) is 5.66. The number of carbonyl (C=O) groups excluding carboxylic acids is 1. The maximum absolute atomic E-state index is 12.0. The molecular formula is C21H26N2O4. The van der Waals surface area contributed by atoms with Crippen molar-refractivity contribution in [2.24, 2.45) is 0 Å². The van der Waals surface area contributed by atoms with Crippen molar-refractivity contribution in [2.75, 3.05) is 19.6 Å². The lowest BCUT2D eigenvalue weighted by Gasteiger charge is -2.39. The van der Waals surface area contributed by atoms with Crippen LogP contribution in [0.2, 0.25) is 0 Å². The van der Waals surface area contributed by atoms with Gasteiger partial charge in [-0.15, -0.1) is 0 Å². The Morgan fingerprint density at radius 2 is 1.96 bits per heavy atom. The molecule has 0 unspecified atom stereocenters. The van der Waals surface area contributed by atoms with Crippen LogP contribution in [0.4, 0.5) is 0 Å². The summed E-state index contributed by atoms with van der Waals surface area (Å²) in [5.74, 6) is 0.458. The predicted octanol–water partition coefficient (Wildman–Crippen LogP) is 2.93. The van der Waals surface area contributed by atoms with E-state index in [1.54, 1.807) is 24.3 Å². The Morgan fingerprint density at radius 1 is 1.19 bits per heavy atom. The molecule has 2 aromatic rings. The Kier molecular flexibility index (Phi) is 5.18. The Morgan fingerprint density at radius 3 is 2.67 bits per heavy atom. The monoisotopic (exact) mass is 370 g/mol. The van der Waals surface area contributed by atoms with Crippen LogP contribution in [0.3, 0.4) is 0 Å². The SMILES string of the molecule is O=C(NC[C@@H]1CCC2(CCN(Cc3ccc(O)cc3)CC2)O1)c1ccco1. The average molecular weight is 370 g/mol. The molecule has 1 aromatic heterocycles. The van der Waals surface area contributed by atoms with Gasteiger partial charge in [0, 0.05) is 26.2 Å². The Bertz CT molecular complexity index is 749. The fourth-order valence-corrected chi connectivity index (χ4v) is 4.09. The Labute approximate surface area is 159 Å². The van der Waals surface area contributed by atoms with Gasteiger partial charge in [-0.05, 0) is 55.5 Å². The van der Waals surface area contributed by atoms with Crippen LogP contribution in [-0.4, -0.2) is 47.3 Å². The summed E-state index contributed by atoms with van der Waals surface area (Å²) in [6.45, 7) is 3.44. The smallest absolute Gasteiger partial charge is 0.287 e. The van der Waals surface area contributed by atoms with E-state index in [0.29, 0.717) is 18.1 Å². The normalized spacial score (nSPS) is 22.1. The van der Waals surface area contributed by atoms with Crippen LogP contribution in [0, 0.1) is 0 Å². The van der Waals surface area contributed by atoms with E-state index in [4.69, 9.17) is 9.15 Å². The lowest BCUT2D eigenvalue weighted by Crippen LogP contribution is -2.44. The molecule has 0 bridgehead atoms. The number of nitrogens with zero attached hydrogens (tertiary/aromatic N) is 1. The van der Waals surface area contributed by atoms with Crippen LogP contribution in [0.5, 0.6) is 5.75 Å². The summed E-state index contributed by atoms with van der Waals surface area (Å²) in [4.78, 5) is 14.4. The topological polar surface area (TPSA) is 74.9 Å². The van der Waals surface area contributed by atoms with Gasteiger partial charge in [0.05, 0.1) is 18.0 Å². The van der Waals surface area contributed by atoms with Gasteiger partial charge in [-0.3, -0.25) is 9.69 Å². The number of aromatic hydroxyl groups is 1. The minimum atomic E-state index is -0.187. The zero-order chi connectivity index (χ0) is 18.7. The zero-order valence-electron chi connectivity index (χ0n) is 15.4. The molecule has 6 nitrogen and oxygen atoms in total. The quantitative estimate of drug-likeness (QED) is 0.846. The van der Waals surface area contributed by atoms with E-state index >= 15 is 0 Å². The maximum Gasteiger partial charge on any atom is 0.287 e. The molecule has 144 valence electrons. The van der Waals surface area contributed by atoms with Gasteiger partial charge >= 0.3 is 0 Å². The minimum Gasteiger partial charge on any atom is -0.508 e. The van der Waals surface area contributed by atoms with Crippen molar-refractivity contribution >= 4 is 5.91 Å². The third-order valence-electron chi connectivity index (χ3n) is 5.68. The van der Waals surface area contributed by atoms with Gasteiger partial charge < -0.3 is 19.6 Å². The second kappa shape index (κ2) is 7.74. The van der Waals surface area contributed by atoms with Crippen molar-refractivity contribution in [1.82, 2.24) is 10.2 Å². The number of phenolic OH excluding ortho intramolecular Hbond substituents is 1. The highest BCUT2D eigenvalue weighted by Gasteiger charge is 2.42. The lowest BCUT2D eigenvalue weighted by molar-refractivity contribution is -0.0764. The van der Waals surface area contributed by atoms with E-state index in [9.17, 15) is 9.90 Å². The second-order valence-electron chi connectivity index (χ2n) is 7.59. The molecular weight excluding hydrogens is 344 g/mol. The third kappa shape index (κ3) is 4.34. The van der Waals surface area contributed by atoms with Crippen molar-refractivity contribution in [3.8, 4) is 5.75 Å². The van der Waals surface area contributed by atoms with Crippen molar-refractivity contribution < 1.29 is 19.1 Å². The number of rotatable bonds is 5. The molecule has 2 fully saturated rings. The highest BCUT2D eigenvalue weighted by Crippen LogP contribution is 2.39. The highest BCUT2D eigenvalue weighted by molar-refractivity contribution is 5.91.